The Bertz CT molecular complexity index is 319. The van der Waals surface area contributed by atoms with E-state index in [1.54, 1.807) is 0 Å². The van der Waals surface area contributed by atoms with Crippen LogP contribution in [0.5, 0.6) is 5.75 Å². The Morgan fingerprint density at radius 2 is 2.15 bits per heavy atom. The Kier molecular flexibility index (Phi) is 3.13. The molecule has 72 valence electrons. The lowest BCUT2D eigenvalue weighted by Crippen LogP contribution is -1.99. The molecule has 0 atom stereocenters. The van der Waals surface area contributed by atoms with Gasteiger partial charge in [0, 0.05) is 6.07 Å². The van der Waals surface area contributed by atoms with Gasteiger partial charge in [-0.05, 0) is 15.9 Å². The van der Waals surface area contributed by atoms with Crippen molar-refractivity contribution in [1.29, 1.82) is 0 Å². The number of nitrogens with zero attached hydrogens (tertiary/aromatic N) is 1. The summed E-state index contributed by atoms with van der Waals surface area (Å²) in [6, 6.07) is 0.963. The van der Waals surface area contributed by atoms with Gasteiger partial charge in [0.05, 0.1) is 11.6 Å². The van der Waals surface area contributed by atoms with E-state index in [1.807, 2.05) is 0 Å². The molecule has 1 aromatic rings. The molecule has 6 heteroatoms. The van der Waals surface area contributed by atoms with Crippen LogP contribution in [0.15, 0.2) is 10.5 Å². The second-order valence-electron chi connectivity index (χ2n) is 2.15. The molecule has 0 bridgehead atoms. The molecule has 0 fully saturated rings. The van der Waals surface area contributed by atoms with Gasteiger partial charge in [-0.2, -0.15) is 4.39 Å². The molecular weight excluding hydrogens is 251 g/mol. The third-order valence-electron chi connectivity index (χ3n) is 1.33. The largest absolute Gasteiger partial charge is 0.493 e. The van der Waals surface area contributed by atoms with E-state index in [0.717, 1.165) is 6.07 Å². The highest BCUT2D eigenvalue weighted by Crippen LogP contribution is 2.33. The monoisotopic (exact) mass is 255 g/mol. The Labute approximate surface area is 80.9 Å². The normalized spacial score (nSPS) is 10.6. The molecule has 0 unspecified atom stereocenters. The standard InChI is InChI=1S/C7H5BrF3NO/c1-13-6-3(8)2-4(9)12-5(6)7(10)11/h2,7H,1H3. The lowest BCUT2D eigenvalue weighted by atomic mass is 10.3. The van der Waals surface area contributed by atoms with Gasteiger partial charge in [0.15, 0.2) is 11.4 Å². The van der Waals surface area contributed by atoms with E-state index in [4.69, 9.17) is 0 Å². The van der Waals surface area contributed by atoms with Crippen molar-refractivity contribution in [3.8, 4) is 5.75 Å². The van der Waals surface area contributed by atoms with Crippen LogP contribution in [0.2, 0.25) is 0 Å². The molecule has 0 aliphatic rings. The molecule has 1 rings (SSSR count). The van der Waals surface area contributed by atoms with Crippen LogP contribution in [0.1, 0.15) is 12.1 Å². The lowest BCUT2D eigenvalue weighted by molar-refractivity contribution is 0.140. The van der Waals surface area contributed by atoms with E-state index < -0.39 is 18.1 Å². The zero-order chi connectivity index (χ0) is 10.0. The molecule has 1 heterocycles. The highest BCUT2D eigenvalue weighted by Gasteiger charge is 2.19. The van der Waals surface area contributed by atoms with Gasteiger partial charge in [-0.3, -0.25) is 0 Å². The average molecular weight is 256 g/mol. The maximum atomic E-state index is 12.6. The Balaban J connectivity index is 3.29. The fourth-order valence-electron chi connectivity index (χ4n) is 0.841. The van der Waals surface area contributed by atoms with Crippen LogP contribution in [-0.2, 0) is 0 Å². The lowest BCUT2D eigenvalue weighted by Gasteiger charge is -2.08. The number of hydrogen-bond acceptors (Lipinski definition) is 2. The predicted molar refractivity (Wildman–Crippen MR) is 43.4 cm³/mol. The Hall–Kier alpha value is -0.780. The third-order valence-corrected chi connectivity index (χ3v) is 1.92. The number of methoxy groups -OCH3 is 1. The second kappa shape index (κ2) is 3.95. The average Bonchev–Trinajstić information content (AvgIpc) is 2.02. The fraction of sp³-hybridized carbons (Fsp3) is 0.286. The van der Waals surface area contributed by atoms with Crippen LogP contribution in [0.3, 0.4) is 0 Å². The molecule has 0 radical (unpaired) electrons. The van der Waals surface area contributed by atoms with Gasteiger partial charge in [0.25, 0.3) is 6.43 Å². The number of rotatable bonds is 2. The van der Waals surface area contributed by atoms with E-state index in [9.17, 15) is 13.2 Å². The van der Waals surface area contributed by atoms with E-state index in [0.29, 0.717) is 0 Å². The van der Waals surface area contributed by atoms with Crippen LogP contribution in [0, 0.1) is 5.95 Å². The summed E-state index contributed by atoms with van der Waals surface area (Å²) in [5, 5.41) is 0. The Morgan fingerprint density at radius 3 is 2.62 bits per heavy atom. The van der Waals surface area contributed by atoms with Crippen LogP contribution in [-0.4, -0.2) is 12.1 Å². The van der Waals surface area contributed by atoms with Gasteiger partial charge in [-0.1, -0.05) is 0 Å². The number of hydrogen-bond donors (Lipinski definition) is 0. The number of halogens is 4. The van der Waals surface area contributed by atoms with Gasteiger partial charge in [-0.25, -0.2) is 13.8 Å². The molecule has 13 heavy (non-hydrogen) atoms. The SMILES string of the molecule is COc1c(Br)cc(F)nc1C(F)F. The maximum absolute atomic E-state index is 12.6. The summed E-state index contributed by atoms with van der Waals surface area (Å²) < 4.78 is 41.8. The van der Waals surface area contributed by atoms with Gasteiger partial charge < -0.3 is 4.74 Å². The summed E-state index contributed by atoms with van der Waals surface area (Å²) in [5.74, 6) is -1.11. The van der Waals surface area contributed by atoms with Crippen molar-refractivity contribution < 1.29 is 17.9 Å². The zero-order valence-electron chi connectivity index (χ0n) is 6.52. The van der Waals surface area contributed by atoms with E-state index in [-0.39, 0.29) is 10.2 Å². The summed E-state index contributed by atoms with van der Waals surface area (Å²) in [6.45, 7) is 0. The van der Waals surface area contributed by atoms with Crippen molar-refractivity contribution in [2.24, 2.45) is 0 Å². The van der Waals surface area contributed by atoms with Crippen molar-refractivity contribution in [2.75, 3.05) is 7.11 Å². The van der Waals surface area contributed by atoms with Crippen LogP contribution >= 0.6 is 15.9 Å². The molecule has 0 aromatic carbocycles. The number of pyridine rings is 1. The smallest absolute Gasteiger partial charge is 0.284 e. The number of alkyl halides is 2. The minimum absolute atomic E-state index is 0.123. The van der Waals surface area contributed by atoms with E-state index in [1.165, 1.54) is 7.11 Å². The molecular formula is C7H5BrF3NO. The molecule has 0 aliphatic carbocycles. The first-order chi connectivity index (χ1) is 6.06. The minimum atomic E-state index is -2.86. The number of aromatic nitrogens is 1. The molecule has 0 saturated heterocycles. The molecule has 0 aliphatic heterocycles. The first-order valence-electron chi connectivity index (χ1n) is 3.24. The zero-order valence-corrected chi connectivity index (χ0v) is 8.11. The molecule has 0 amide bonds. The van der Waals surface area contributed by atoms with Gasteiger partial charge >= 0.3 is 0 Å². The molecule has 1 aromatic heterocycles. The minimum Gasteiger partial charge on any atom is -0.493 e. The van der Waals surface area contributed by atoms with Crippen molar-refractivity contribution >= 4 is 15.9 Å². The summed E-state index contributed by atoms with van der Waals surface area (Å²) in [5.41, 5.74) is -0.700. The first-order valence-corrected chi connectivity index (χ1v) is 4.03. The topological polar surface area (TPSA) is 22.1 Å². The summed E-state index contributed by atoms with van der Waals surface area (Å²) in [4.78, 5) is 3.03. The number of ether oxygens (including phenoxy) is 1. The summed E-state index contributed by atoms with van der Waals surface area (Å²) >= 11 is 2.89. The molecule has 0 spiro atoms. The molecule has 0 saturated carbocycles. The van der Waals surface area contributed by atoms with Crippen molar-refractivity contribution in [2.45, 2.75) is 6.43 Å². The van der Waals surface area contributed by atoms with Crippen molar-refractivity contribution in [3.05, 3.63) is 22.2 Å². The van der Waals surface area contributed by atoms with Gasteiger partial charge in [-0.15, -0.1) is 0 Å². The quantitative estimate of drug-likeness (QED) is 0.759. The maximum Gasteiger partial charge on any atom is 0.284 e. The van der Waals surface area contributed by atoms with Gasteiger partial charge in [0.2, 0.25) is 5.95 Å². The first kappa shape index (κ1) is 10.3. The highest BCUT2D eigenvalue weighted by atomic mass is 79.9. The van der Waals surface area contributed by atoms with Gasteiger partial charge in [0.1, 0.15) is 0 Å². The predicted octanol–water partition coefficient (Wildman–Crippen LogP) is 2.93. The molecule has 2 nitrogen and oxygen atoms in total. The second-order valence-corrected chi connectivity index (χ2v) is 3.00. The van der Waals surface area contributed by atoms with Crippen LogP contribution < -0.4 is 4.74 Å². The fourth-order valence-corrected chi connectivity index (χ4v) is 1.39. The summed E-state index contributed by atoms with van der Waals surface area (Å²) in [6.07, 6.45) is -2.86. The molecule has 0 N–H and O–H groups in total. The third kappa shape index (κ3) is 2.12. The highest BCUT2D eigenvalue weighted by molar-refractivity contribution is 9.10. The van der Waals surface area contributed by atoms with E-state index >= 15 is 0 Å². The van der Waals surface area contributed by atoms with Crippen molar-refractivity contribution in [3.63, 3.8) is 0 Å². The van der Waals surface area contributed by atoms with Crippen LogP contribution in [0.4, 0.5) is 13.2 Å². The van der Waals surface area contributed by atoms with E-state index in [2.05, 4.69) is 25.7 Å². The van der Waals surface area contributed by atoms with Crippen LogP contribution in [0.25, 0.3) is 0 Å². The summed E-state index contributed by atoms with van der Waals surface area (Å²) in [7, 11) is 1.21. The Morgan fingerprint density at radius 1 is 1.54 bits per heavy atom. The van der Waals surface area contributed by atoms with Crippen molar-refractivity contribution in [1.82, 2.24) is 4.98 Å².